The van der Waals surface area contributed by atoms with Crippen molar-refractivity contribution in [3.63, 3.8) is 0 Å². The molecule has 5 nitrogen and oxygen atoms in total. The van der Waals surface area contributed by atoms with Gasteiger partial charge >= 0.3 is 0 Å². The molecule has 176 valence electrons. The van der Waals surface area contributed by atoms with Gasteiger partial charge in [-0.2, -0.15) is 5.10 Å². The summed E-state index contributed by atoms with van der Waals surface area (Å²) >= 11 is 0. The average molecular weight is 474 g/mol. The lowest BCUT2D eigenvalue weighted by Gasteiger charge is -2.13. The standard InChI is InChI=1S/C30H24FN5/c1-18-10-20(12-22(31)11-18)24-6-4-5-7-27-25(24)15-29(33-27)30-26-14-19(8-9-28(26)34-35-30)21-13-23(36(2)3)17-32-16-21/h4,6-17,33H,1-3H3,(H,34,35). The van der Waals surface area contributed by atoms with Crippen LogP contribution in [0.4, 0.5) is 10.1 Å². The highest BCUT2D eigenvalue weighted by Crippen LogP contribution is 2.36. The summed E-state index contributed by atoms with van der Waals surface area (Å²) < 4.78 is 14.2. The van der Waals surface area contributed by atoms with Crippen molar-refractivity contribution in [2.45, 2.75) is 6.92 Å². The van der Waals surface area contributed by atoms with Crippen molar-refractivity contribution < 1.29 is 4.39 Å². The van der Waals surface area contributed by atoms with E-state index in [1.54, 1.807) is 6.07 Å². The number of H-pyrrole nitrogens is 2. The van der Waals surface area contributed by atoms with Crippen molar-refractivity contribution in [2.24, 2.45) is 0 Å². The molecule has 0 spiro atoms. The second-order valence-corrected chi connectivity index (χ2v) is 9.24. The van der Waals surface area contributed by atoms with Gasteiger partial charge in [0, 0.05) is 42.9 Å². The van der Waals surface area contributed by atoms with Crippen LogP contribution in [0, 0.1) is 12.7 Å². The molecule has 5 aromatic rings. The lowest BCUT2D eigenvalue weighted by molar-refractivity contribution is 0.626. The highest BCUT2D eigenvalue weighted by Gasteiger charge is 2.18. The van der Waals surface area contributed by atoms with Gasteiger partial charge in [-0.1, -0.05) is 12.1 Å². The number of nitrogens with zero attached hydrogens (tertiary/aromatic N) is 3. The molecule has 36 heavy (non-hydrogen) atoms. The van der Waals surface area contributed by atoms with Gasteiger partial charge in [0.15, 0.2) is 0 Å². The normalized spacial score (nSPS) is 12.5. The molecule has 0 aliphatic heterocycles. The van der Waals surface area contributed by atoms with E-state index in [1.807, 2.05) is 68.7 Å². The fourth-order valence-corrected chi connectivity index (χ4v) is 4.66. The van der Waals surface area contributed by atoms with E-state index in [-0.39, 0.29) is 5.82 Å². The molecule has 6 rings (SSSR count). The maximum Gasteiger partial charge on any atom is 0.124 e. The number of rotatable bonds is 4. The Balaban J connectivity index is 1.46. The Labute approximate surface area is 208 Å². The van der Waals surface area contributed by atoms with Crippen LogP contribution in [0.5, 0.6) is 0 Å². The average Bonchev–Trinajstić information content (AvgIpc) is 3.42. The van der Waals surface area contributed by atoms with Gasteiger partial charge in [0.05, 0.1) is 28.8 Å². The lowest BCUT2D eigenvalue weighted by Crippen LogP contribution is -2.08. The van der Waals surface area contributed by atoms with E-state index in [4.69, 9.17) is 0 Å². The molecule has 0 saturated carbocycles. The van der Waals surface area contributed by atoms with Gasteiger partial charge in [-0.3, -0.25) is 10.1 Å². The number of aromatic amines is 2. The van der Waals surface area contributed by atoms with Crippen molar-refractivity contribution in [2.75, 3.05) is 19.0 Å². The molecular weight excluding hydrogens is 449 g/mol. The molecule has 1 aliphatic rings. The fourth-order valence-electron chi connectivity index (χ4n) is 4.66. The minimum absolute atomic E-state index is 0.247. The van der Waals surface area contributed by atoms with Crippen LogP contribution >= 0.6 is 0 Å². The van der Waals surface area contributed by atoms with Crippen LogP contribution in [0.15, 0.2) is 78.8 Å². The molecule has 2 aromatic carbocycles. The molecule has 1 aliphatic carbocycles. The molecular formula is C30H24FN5. The van der Waals surface area contributed by atoms with E-state index < -0.39 is 0 Å². The first-order valence-corrected chi connectivity index (χ1v) is 11.7. The van der Waals surface area contributed by atoms with Crippen molar-refractivity contribution >= 4 is 28.2 Å². The highest BCUT2D eigenvalue weighted by molar-refractivity contribution is 5.97. The van der Waals surface area contributed by atoms with Gasteiger partial charge in [-0.25, -0.2) is 4.39 Å². The van der Waals surface area contributed by atoms with Crippen LogP contribution in [0.3, 0.4) is 0 Å². The summed E-state index contributed by atoms with van der Waals surface area (Å²) in [6, 6.07) is 15.6. The molecule has 6 heteroatoms. The topological polar surface area (TPSA) is 60.6 Å². The van der Waals surface area contributed by atoms with E-state index in [1.165, 1.54) is 6.07 Å². The number of allylic oxidation sites excluding steroid dienone is 2. The Morgan fingerprint density at radius 1 is 0.944 bits per heavy atom. The maximum absolute atomic E-state index is 14.2. The van der Waals surface area contributed by atoms with Gasteiger partial charge in [0.2, 0.25) is 0 Å². The van der Waals surface area contributed by atoms with Crippen molar-refractivity contribution in [1.82, 2.24) is 20.2 Å². The minimum atomic E-state index is -0.247. The summed E-state index contributed by atoms with van der Waals surface area (Å²) in [5.41, 5.74) is 13.5. The zero-order valence-electron chi connectivity index (χ0n) is 20.2. The smallest absolute Gasteiger partial charge is 0.124 e. The predicted octanol–water partition coefficient (Wildman–Crippen LogP) is 6.75. The highest BCUT2D eigenvalue weighted by atomic mass is 19.1. The largest absolute Gasteiger partial charge is 0.376 e. The van der Waals surface area contributed by atoms with Crippen molar-refractivity contribution in [1.29, 1.82) is 0 Å². The molecule has 0 fully saturated rings. The Kier molecular flexibility index (Phi) is 5.17. The molecule has 0 amide bonds. The molecule has 0 radical (unpaired) electrons. The van der Waals surface area contributed by atoms with E-state index in [0.29, 0.717) is 0 Å². The number of pyridine rings is 1. The quantitative estimate of drug-likeness (QED) is 0.284. The van der Waals surface area contributed by atoms with Crippen LogP contribution in [0.25, 0.3) is 45.1 Å². The number of hydrogen-bond acceptors (Lipinski definition) is 3. The van der Waals surface area contributed by atoms with Gasteiger partial charge in [0.1, 0.15) is 11.5 Å². The van der Waals surface area contributed by atoms with Crippen molar-refractivity contribution in [3.8, 4) is 22.5 Å². The first-order chi connectivity index (χ1) is 17.5. The first-order valence-electron chi connectivity index (χ1n) is 11.7. The Morgan fingerprint density at radius 2 is 1.83 bits per heavy atom. The SMILES string of the molecule is Cc1cc(F)cc(C2=CC=C=Cc3[nH]c(-c4n[nH]c5ccc(-c6cncc(N(C)C)c6)cc45)cc32)c1. The number of anilines is 1. The number of halogens is 1. The number of nitrogens with one attached hydrogen (secondary N) is 2. The summed E-state index contributed by atoms with van der Waals surface area (Å²) in [6.07, 6.45) is 9.46. The molecule has 0 saturated heterocycles. The lowest BCUT2D eigenvalue weighted by atomic mass is 9.96. The van der Waals surface area contributed by atoms with E-state index in [0.717, 1.165) is 67.1 Å². The van der Waals surface area contributed by atoms with Crippen LogP contribution in [-0.4, -0.2) is 34.3 Å². The molecule has 2 N–H and O–H groups in total. The molecule has 0 unspecified atom stereocenters. The van der Waals surface area contributed by atoms with Crippen LogP contribution < -0.4 is 4.90 Å². The number of fused-ring (bicyclic) bond motifs is 2. The monoisotopic (exact) mass is 473 g/mol. The van der Waals surface area contributed by atoms with Gasteiger partial charge in [0.25, 0.3) is 0 Å². The second kappa shape index (κ2) is 8.52. The second-order valence-electron chi connectivity index (χ2n) is 9.24. The summed E-state index contributed by atoms with van der Waals surface area (Å²) in [5, 5.41) is 8.80. The van der Waals surface area contributed by atoms with Crippen LogP contribution in [-0.2, 0) is 0 Å². The third-order valence-corrected chi connectivity index (χ3v) is 6.46. The zero-order chi connectivity index (χ0) is 24.8. The van der Waals surface area contributed by atoms with Gasteiger partial charge in [-0.05, 0) is 77.7 Å². The van der Waals surface area contributed by atoms with Gasteiger partial charge < -0.3 is 9.88 Å². The Hall–Kier alpha value is -4.67. The maximum atomic E-state index is 14.2. The molecule has 0 atom stereocenters. The molecule has 0 bridgehead atoms. The fraction of sp³-hybridized carbons (Fsp3) is 0.100. The summed E-state index contributed by atoms with van der Waals surface area (Å²) in [6.45, 7) is 1.90. The Bertz CT molecular complexity index is 1710. The van der Waals surface area contributed by atoms with Crippen LogP contribution in [0.1, 0.15) is 22.4 Å². The van der Waals surface area contributed by atoms with Crippen LogP contribution in [0.2, 0.25) is 0 Å². The third-order valence-electron chi connectivity index (χ3n) is 6.46. The van der Waals surface area contributed by atoms with Crippen molar-refractivity contribution in [3.05, 3.63) is 107 Å². The minimum Gasteiger partial charge on any atom is -0.376 e. The molecule has 3 aromatic heterocycles. The van der Waals surface area contributed by atoms with Gasteiger partial charge in [-0.15, -0.1) is 5.73 Å². The predicted molar refractivity (Wildman–Crippen MR) is 144 cm³/mol. The van der Waals surface area contributed by atoms with E-state index >= 15 is 0 Å². The van der Waals surface area contributed by atoms with E-state index in [2.05, 4.69) is 50.2 Å². The zero-order valence-corrected chi connectivity index (χ0v) is 20.2. The number of hydrogen-bond donors (Lipinski definition) is 2. The Morgan fingerprint density at radius 3 is 2.67 bits per heavy atom. The first kappa shape index (κ1) is 21.8. The molecule has 3 heterocycles. The summed E-state index contributed by atoms with van der Waals surface area (Å²) in [7, 11) is 4.01. The summed E-state index contributed by atoms with van der Waals surface area (Å²) in [4.78, 5) is 9.96. The number of aryl methyl sites for hydroxylation is 1. The third kappa shape index (κ3) is 3.84. The summed E-state index contributed by atoms with van der Waals surface area (Å²) in [5.74, 6) is -0.247. The van der Waals surface area contributed by atoms with E-state index in [9.17, 15) is 4.39 Å². The number of benzene rings is 2. The number of aromatic nitrogens is 4.